The molecular formula is C35H65N7O4. The van der Waals surface area contributed by atoms with Crippen molar-refractivity contribution in [2.45, 2.75) is 153 Å². The summed E-state index contributed by atoms with van der Waals surface area (Å²) in [4.78, 5) is 32.9. The molecule has 1 saturated heterocycles. The minimum absolute atomic E-state index is 0.0842. The average Bonchev–Trinajstić information content (AvgIpc) is 3.23. The molecule has 2 saturated carbocycles. The van der Waals surface area contributed by atoms with Gasteiger partial charge in [0, 0.05) is 56.5 Å². The Labute approximate surface area is 278 Å². The Morgan fingerprint density at radius 1 is 1.11 bits per heavy atom. The Bertz CT molecular complexity index is 1020. The fourth-order valence-corrected chi connectivity index (χ4v) is 7.91. The van der Waals surface area contributed by atoms with Gasteiger partial charge in [-0.1, -0.05) is 38.5 Å². The number of aliphatic imine (C=N–C) groups is 1. The molecular weight excluding hydrogens is 582 g/mol. The molecule has 2 spiro atoms. The zero-order valence-corrected chi connectivity index (χ0v) is 29.8. The molecule has 264 valence electrons. The van der Waals surface area contributed by atoms with Crippen molar-refractivity contribution < 1.29 is 19.5 Å². The van der Waals surface area contributed by atoms with Crippen LogP contribution in [0.3, 0.4) is 0 Å². The van der Waals surface area contributed by atoms with E-state index in [1.165, 1.54) is 12.8 Å². The van der Waals surface area contributed by atoms with Crippen molar-refractivity contribution in [2.75, 3.05) is 39.8 Å². The Morgan fingerprint density at radius 2 is 1.76 bits per heavy atom. The molecule has 0 radical (unpaired) electrons. The van der Waals surface area contributed by atoms with E-state index in [0.717, 1.165) is 64.2 Å². The van der Waals surface area contributed by atoms with Gasteiger partial charge in [0.05, 0.1) is 29.3 Å². The van der Waals surface area contributed by atoms with E-state index < -0.39 is 5.54 Å². The maximum absolute atomic E-state index is 13.5. The highest BCUT2D eigenvalue weighted by Gasteiger charge is 2.62. The first-order valence-corrected chi connectivity index (χ1v) is 18.0. The van der Waals surface area contributed by atoms with Crippen LogP contribution in [0.5, 0.6) is 0 Å². The number of hydrazone groups is 1. The molecule has 0 aromatic heterocycles. The van der Waals surface area contributed by atoms with E-state index in [2.05, 4.69) is 34.6 Å². The first-order valence-electron chi connectivity index (χ1n) is 18.0. The van der Waals surface area contributed by atoms with E-state index >= 15 is 0 Å². The third-order valence-electron chi connectivity index (χ3n) is 10.5. The summed E-state index contributed by atoms with van der Waals surface area (Å²) in [6.45, 7) is 13.0. The number of ether oxygens (including phenoxy) is 1. The minimum Gasteiger partial charge on any atom is -0.379 e. The topological polar surface area (TPSA) is 145 Å². The lowest BCUT2D eigenvalue weighted by molar-refractivity contribution is -0.231. The number of carbonyl (C=O) groups is 2. The SMILES string of the molecule is CC(C)OCCC(C)(C)NC(C)C(=O)CCN(C)CC(C=NCCCNC(=O)C1CC2(CCCCC2)N(O)C12CCCCC2)=NN. The number of rotatable bonds is 18. The lowest BCUT2D eigenvalue weighted by Crippen LogP contribution is -2.56. The largest absolute Gasteiger partial charge is 0.379 e. The molecule has 3 aliphatic rings. The quantitative estimate of drug-likeness (QED) is 0.0739. The minimum atomic E-state index is -0.408. The molecule has 2 aliphatic carbocycles. The van der Waals surface area contributed by atoms with Crippen LogP contribution >= 0.6 is 0 Å². The van der Waals surface area contributed by atoms with Gasteiger partial charge in [0.2, 0.25) is 5.91 Å². The van der Waals surface area contributed by atoms with Crippen LogP contribution in [-0.2, 0) is 14.3 Å². The summed E-state index contributed by atoms with van der Waals surface area (Å²) in [6.07, 6.45) is 15.2. The van der Waals surface area contributed by atoms with Gasteiger partial charge < -0.3 is 26.4 Å². The van der Waals surface area contributed by atoms with Gasteiger partial charge in [0.15, 0.2) is 5.78 Å². The predicted molar refractivity (Wildman–Crippen MR) is 185 cm³/mol. The number of nitrogens with two attached hydrogens (primary N) is 1. The Kier molecular flexibility index (Phi) is 15.1. The van der Waals surface area contributed by atoms with Crippen LogP contribution in [0.4, 0.5) is 0 Å². The molecule has 2 unspecified atom stereocenters. The van der Waals surface area contributed by atoms with Gasteiger partial charge in [-0.05, 0) is 86.6 Å². The lowest BCUT2D eigenvalue weighted by atomic mass is 9.72. The number of hydroxylamine groups is 2. The van der Waals surface area contributed by atoms with E-state index in [1.54, 1.807) is 11.3 Å². The molecule has 3 fully saturated rings. The molecule has 1 heterocycles. The second-order valence-corrected chi connectivity index (χ2v) is 15.2. The summed E-state index contributed by atoms with van der Waals surface area (Å²) >= 11 is 0. The maximum atomic E-state index is 13.5. The first kappa shape index (κ1) is 38.5. The summed E-state index contributed by atoms with van der Waals surface area (Å²) in [5.41, 5.74) is -0.187. The maximum Gasteiger partial charge on any atom is 0.225 e. The Balaban J connectivity index is 1.37. The van der Waals surface area contributed by atoms with Crippen molar-refractivity contribution in [1.29, 1.82) is 0 Å². The average molecular weight is 648 g/mol. The molecule has 46 heavy (non-hydrogen) atoms. The van der Waals surface area contributed by atoms with Crippen molar-refractivity contribution in [3.63, 3.8) is 0 Å². The van der Waals surface area contributed by atoms with Crippen molar-refractivity contribution in [1.82, 2.24) is 20.6 Å². The number of amides is 1. The molecule has 1 aliphatic heterocycles. The second-order valence-electron chi connectivity index (χ2n) is 15.2. The molecule has 0 bridgehead atoms. The van der Waals surface area contributed by atoms with Crippen LogP contribution in [0.15, 0.2) is 10.1 Å². The molecule has 0 aromatic carbocycles. The fourth-order valence-electron chi connectivity index (χ4n) is 7.91. The van der Waals surface area contributed by atoms with Crippen LogP contribution in [0.25, 0.3) is 0 Å². The van der Waals surface area contributed by atoms with Crippen molar-refractivity contribution >= 4 is 23.6 Å². The summed E-state index contributed by atoms with van der Waals surface area (Å²) < 4.78 is 5.67. The van der Waals surface area contributed by atoms with Crippen molar-refractivity contribution in [3.8, 4) is 0 Å². The number of hydrogen-bond donors (Lipinski definition) is 4. The number of nitrogens with one attached hydrogen (secondary N) is 2. The predicted octanol–water partition coefficient (Wildman–Crippen LogP) is 4.46. The molecule has 3 rings (SSSR count). The smallest absolute Gasteiger partial charge is 0.225 e. The monoisotopic (exact) mass is 648 g/mol. The zero-order valence-electron chi connectivity index (χ0n) is 29.8. The number of Topliss-reactive ketones (excluding diaryl/α,β-unsaturated/α-hetero) is 1. The third kappa shape index (κ3) is 10.8. The molecule has 1 amide bonds. The van der Waals surface area contributed by atoms with E-state index in [4.69, 9.17) is 10.6 Å². The molecule has 2 atom stereocenters. The second kappa shape index (κ2) is 18.0. The van der Waals surface area contributed by atoms with Crippen LogP contribution in [0, 0.1) is 5.92 Å². The van der Waals surface area contributed by atoms with Crippen LogP contribution in [0.1, 0.15) is 125 Å². The number of ketones is 1. The van der Waals surface area contributed by atoms with Crippen LogP contribution in [0.2, 0.25) is 0 Å². The van der Waals surface area contributed by atoms with E-state index in [9.17, 15) is 14.8 Å². The summed E-state index contributed by atoms with van der Waals surface area (Å²) in [7, 11) is 1.94. The Hall–Kier alpha value is -1.92. The summed E-state index contributed by atoms with van der Waals surface area (Å²) in [6, 6.07) is -0.245. The Morgan fingerprint density at radius 3 is 2.39 bits per heavy atom. The van der Waals surface area contributed by atoms with Gasteiger partial charge in [-0.2, -0.15) is 10.2 Å². The zero-order chi connectivity index (χ0) is 33.8. The molecule has 11 nitrogen and oxygen atoms in total. The van der Waals surface area contributed by atoms with E-state index in [-0.39, 0.29) is 40.8 Å². The van der Waals surface area contributed by atoms with Crippen LogP contribution in [-0.4, -0.2) is 107 Å². The highest BCUT2D eigenvalue weighted by Crippen LogP contribution is 2.55. The fraction of sp³-hybridized carbons (Fsp3) is 0.886. The third-order valence-corrected chi connectivity index (χ3v) is 10.5. The number of nitrogens with zero attached hydrogens (tertiary/aromatic N) is 4. The first-order chi connectivity index (χ1) is 21.8. The standard InChI is InChI=1S/C35H65N7O4/c1-27(2)46-23-19-33(4,5)39-28(3)31(43)14-22-41(6)26-29(40-36)25-37-20-13-21-38-32(44)30-24-34(15-9-7-10-16-34)42(45)35(30)17-11-8-12-18-35/h25,27-28,30,39,45H,7-24,26,36H2,1-6H3,(H,38,44). The highest BCUT2D eigenvalue weighted by molar-refractivity contribution is 6.31. The van der Waals surface area contributed by atoms with Crippen molar-refractivity contribution in [3.05, 3.63) is 0 Å². The summed E-state index contributed by atoms with van der Waals surface area (Å²) in [5.74, 6) is 5.73. The van der Waals surface area contributed by atoms with Crippen molar-refractivity contribution in [2.24, 2.45) is 21.9 Å². The van der Waals surface area contributed by atoms with Gasteiger partial charge in [-0.15, -0.1) is 0 Å². The highest BCUT2D eigenvalue weighted by atomic mass is 16.5. The van der Waals surface area contributed by atoms with E-state index in [0.29, 0.717) is 51.3 Å². The molecule has 0 aromatic rings. The van der Waals surface area contributed by atoms with Gasteiger partial charge in [-0.3, -0.25) is 19.5 Å². The van der Waals surface area contributed by atoms with Gasteiger partial charge in [0.25, 0.3) is 0 Å². The molecule has 5 N–H and O–H groups in total. The number of hydrogen-bond acceptors (Lipinski definition) is 10. The number of carbonyl (C=O) groups excluding carboxylic acids is 2. The summed E-state index contributed by atoms with van der Waals surface area (Å²) in [5, 5.41) is 23.7. The van der Waals surface area contributed by atoms with Gasteiger partial charge in [-0.25, -0.2) is 0 Å². The van der Waals surface area contributed by atoms with E-state index in [1.807, 2.05) is 32.7 Å². The van der Waals surface area contributed by atoms with Gasteiger partial charge in [0.1, 0.15) is 0 Å². The van der Waals surface area contributed by atoms with Gasteiger partial charge >= 0.3 is 0 Å². The lowest BCUT2D eigenvalue weighted by Gasteiger charge is -2.47. The molecule has 11 heteroatoms. The van der Waals surface area contributed by atoms with Crippen LogP contribution < -0.4 is 16.5 Å². The normalized spacial score (nSPS) is 22.8.